The van der Waals surface area contributed by atoms with Crippen molar-refractivity contribution in [1.29, 1.82) is 0 Å². The van der Waals surface area contributed by atoms with Gasteiger partial charge in [-0.25, -0.2) is 0 Å². The van der Waals surface area contributed by atoms with Gasteiger partial charge in [0.25, 0.3) is 0 Å². The standard InChI is InChI=1S/C20H23N3OS/c1-14-5-7-16(8-6-14)13-21-20(25)22-17-9-10-18(15(2)12-17)23-11-3-4-19(23)24/h5-10,12H,3-4,11,13H2,1-2H3,(H2,21,22,25). The minimum atomic E-state index is 0.207. The Morgan fingerprint density at radius 3 is 2.56 bits per heavy atom. The van der Waals surface area contributed by atoms with E-state index in [-0.39, 0.29) is 5.91 Å². The fourth-order valence-corrected chi connectivity index (χ4v) is 3.19. The van der Waals surface area contributed by atoms with Gasteiger partial charge in [-0.2, -0.15) is 0 Å². The number of thiocarbonyl (C=S) groups is 1. The number of benzene rings is 2. The number of nitrogens with zero attached hydrogens (tertiary/aromatic N) is 1. The zero-order valence-electron chi connectivity index (χ0n) is 14.6. The Bertz CT molecular complexity index is 786. The first-order valence-electron chi connectivity index (χ1n) is 8.54. The lowest BCUT2D eigenvalue weighted by Gasteiger charge is -2.19. The highest BCUT2D eigenvalue weighted by Crippen LogP contribution is 2.27. The Morgan fingerprint density at radius 1 is 1.16 bits per heavy atom. The molecule has 0 unspecified atom stereocenters. The third kappa shape index (κ3) is 4.37. The van der Waals surface area contributed by atoms with Crippen LogP contribution in [0.3, 0.4) is 0 Å². The smallest absolute Gasteiger partial charge is 0.227 e. The van der Waals surface area contributed by atoms with Gasteiger partial charge in [-0.05, 0) is 61.8 Å². The highest BCUT2D eigenvalue weighted by molar-refractivity contribution is 7.80. The molecular weight excluding hydrogens is 330 g/mol. The molecule has 4 nitrogen and oxygen atoms in total. The molecule has 0 aromatic heterocycles. The van der Waals surface area contributed by atoms with E-state index in [0.717, 1.165) is 29.9 Å². The zero-order chi connectivity index (χ0) is 17.8. The predicted octanol–water partition coefficient (Wildman–Crippen LogP) is 3.92. The van der Waals surface area contributed by atoms with Gasteiger partial charge in [0, 0.05) is 30.9 Å². The van der Waals surface area contributed by atoms with Crippen LogP contribution in [0.25, 0.3) is 0 Å². The van der Waals surface area contributed by atoms with Crippen LogP contribution in [-0.2, 0) is 11.3 Å². The Hall–Kier alpha value is -2.40. The van der Waals surface area contributed by atoms with Crippen molar-refractivity contribution >= 4 is 34.6 Å². The molecule has 0 saturated carbocycles. The number of aryl methyl sites for hydroxylation is 2. The summed E-state index contributed by atoms with van der Waals surface area (Å²) in [4.78, 5) is 13.8. The number of amides is 1. The maximum Gasteiger partial charge on any atom is 0.227 e. The summed E-state index contributed by atoms with van der Waals surface area (Å²) < 4.78 is 0. The zero-order valence-corrected chi connectivity index (χ0v) is 15.5. The van der Waals surface area contributed by atoms with E-state index in [1.54, 1.807) is 0 Å². The van der Waals surface area contributed by atoms with Gasteiger partial charge in [0.1, 0.15) is 0 Å². The second-order valence-corrected chi connectivity index (χ2v) is 6.85. The minimum absolute atomic E-state index is 0.207. The molecule has 130 valence electrons. The molecule has 0 aliphatic carbocycles. The number of rotatable bonds is 4. The Kier molecular flexibility index (Phi) is 5.34. The predicted molar refractivity (Wildman–Crippen MR) is 107 cm³/mol. The minimum Gasteiger partial charge on any atom is -0.358 e. The number of hydrogen-bond acceptors (Lipinski definition) is 2. The first kappa shape index (κ1) is 17.4. The van der Waals surface area contributed by atoms with Crippen LogP contribution in [0.4, 0.5) is 11.4 Å². The molecule has 1 heterocycles. The number of hydrogen-bond donors (Lipinski definition) is 2. The van der Waals surface area contributed by atoms with E-state index in [0.29, 0.717) is 18.1 Å². The molecule has 1 aliphatic rings. The third-order valence-corrected chi connectivity index (χ3v) is 4.64. The van der Waals surface area contributed by atoms with Gasteiger partial charge >= 0.3 is 0 Å². The van der Waals surface area contributed by atoms with Crippen molar-refractivity contribution in [3.8, 4) is 0 Å². The Morgan fingerprint density at radius 2 is 1.92 bits per heavy atom. The molecule has 5 heteroatoms. The molecule has 0 radical (unpaired) electrons. The summed E-state index contributed by atoms with van der Waals surface area (Å²) in [5.74, 6) is 0.207. The average molecular weight is 353 g/mol. The average Bonchev–Trinajstić information content (AvgIpc) is 3.00. The number of anilines is 2. The van der Waals surface area contributed by atoms with Gasteiger partial charge in [0.05, 0.1) is 0 Å². The lowest BCUT2D eigenvalue weighted by atomic mass is 10.1. The highest BCUT2D eigenvalue weighted by atomic mass is 32.1. The van der Waals surface area contributed by atoms with E-state index in [9.17, 15) is 4.79 Å². The van der Waals surface area contributed by atoms with Crippen LogP contribution in [0.15, 0.2) is 42.5 Å². The molecule has 1 fully saturated rings. The van der Waals surface area contributed by atoms with E-state index >= 15 is 0 Å². The number of carbonyl (C=O) groups excluding carboxylic acids is 1. The lowest BCUT2D eigenvalue weighted by Crippen LogP contribution is -2.28. The van der Waals surface area contributed by atoms with E-state index in [1.807, 2.05) is 30.0 Å². The first-order chi connectivity index (χ1) is 12.0. The molecule has 0 atom stereocenters. The quantitative estimate of drug-likeness (QED) is 0.818. The summed E-state index contributed by atoms with van der Waals surface area (Å²) >= 11 is 5.38. The van der Waals surface area contributed by atoms with Crippen LogP contribution < -0.4 is 15.5 Å². The third-order valence-electron chi connectivity index (χ3n) is 4.39. The molecule has 2 aromatic carbocycles. The Balaban J connectivity index is 1.58. The van der Waals surface area contributed by atoms with Gasteiger partial charge in [-0.3, -0.25) is 4.79 Å². The SMILES string of the molecule is Cc1ccc(CNC(=S)Nc2ccc(N3CCCC3=O)c(C)c2)cc1. The maximum absolute atomic E-state index is 11.9. The number of carbonyl (C=O) groups is 1. The highest BCUT2D eigenvalue weighted by Gasteiger charge is 2.22. The maximum atomic E-state index is 11.9. The van der Waals surface area contributed by atoms with Crippen LogP contribution in [0.2, 0.25) is 0 Å². The number of nitrogens with one attached hydrogen (secondary N) is 2. The fraction of sp³-hybridized carbons (Fsp3) is 0.300. The molecule has 1 saturated heterocycles. The molecule has 1 amide bonds. The van der Waals surface area contributed by atoms with E-state index in [2.05, 4.69) is 41.8 Å². The van der Waals surface area contributed by atoms with Crippen molar-refractivity contribution in [2.24, 2.45) is 0 Å². The molecule has 25 heavy (non-hydrogen) atoms. The van der Waals surface area contributed by atoms with E-state index < -0.39 is 0 Å². The van der Waals surface area contributed by atoms with Crippen LogP contribution in [0.1, 0.15) is 29.5 Å². The van der Waals surface area contributed by atoms with Crippen LogP contribution >= 0.6 is 12.2 Å². The van der Waals surface area contributed by atoms with E-state index in [4.69, 9.17) is 12.2 Å². The molecule has 3 rings (SSSR count). The summed E-state index contributed by atoms with van der Waals surface area (Å²) in [5.41, 5.74) is 5.42. The molecule has 0 spiro atoms. The fourth-order valence-electron chi connectivity index (χ4n) is 3.00. The second kappa shape index (κ2) is 7.66. The van der Waals surface area contributed by atoms with Gasteiger partial charge in [0.15, 0.2) is 5.11 Å². The summed E-state index contributed by atoms with van der Waals surface area (Å²) in [5, 5.41) is 7.02. The summed E-state index contributed by atoms with van der Waals surface area (Å²) in [6.45, 7) is 5.59. The molecule has 2 aromatic rings. The normalized spacial score (nSPS) is 13.8. The second-order valence-electron chi connectivity index (χ2n) is 6.44. The van der Waals surface area contributed by atoms with Crippen LogP contribution in [0.5, 0.6) is 0 Å². The Labute approximate surface area is 154 Å². The summed E-state index contributed by atoms with van der Waals surface area (Å²) in [7, 11) is 0. The lowest BCUT2D eigenvalue weighted by molar-refractivity contribution is -0.117. The van der Waals surface area contributed by atoms with Crippen LogP contribution in [-0.4, -0.2) is 17.6 Å². The van der Waals surface area contributed by atoms with Crippen molar-refractivity contribution in [2.75, 3.05) is 16.8 Å². The molecule has 2 N–H and O–H groups in total. The van der Waals surface area contributed by atoms with Crippen LogP contribution in [0, 0.1) is 13.8 Å². The molecular formula is C20H23N3OS. The topological polar surface area (TPSA) is 44.4 Å². The first-order valence-corrected chi connectivity index (χ1v) is 8.95. The van der Waals surface area contributed by atoms with Gasteiger partial charge < -0.3 is 15.5 Å². The van der Waals surface area contributed by atoms with Crippen molar-refractivity contribution in [3.05, 3.63) is 59.2 Å². The van der Waals surface area contributed by atoms with E-state index in [1.165, 1.54) is 11.1 Å². The van der Waals surface area contributed by atoms with Crippen molar-refractivity contribution in [2.45, 2.75) is 33.2 Å². The molecule has 1 aliphatic heterocycles. The summed E-state index contributed by atoms with van der Waals surface area (Å²) in [6, 6.07) is 14.4. The van der Waals surface area contributed by atoms with Gasteiger partial charge in [-0.15, -0.1) is 0 Å². The monoisotopic (exact) mass is 353 g/mol. The largest absolute Gasteiger partial charge is 0.358 e. The van der Waals surface area contributed by atoms with Gasteiger partial charge in [-0.1, -0.05) is 29.8 Å². The van der Waals surface area contributed by atoms with Crippen molar-refractivity contribution in [1.82, 2.24) is 5.32 Å². The summed E-state index contributed by atoms with van der Waals surface area (Å²) in [6.07, 6.45) is 1.58. The van der Waals surface area contributed by atoms with Gasteiger partial charge in [0.2, 0.25) is 5.91 Å². The van der Waals surface area contributed by atoms with Crippen molar-refractivity contribution < 1.29 is 4.79 Å². The van der Waals surface area contributed by atoms with Crippen molar-refractivity contribution in [3.63, 3.8) is 0 Å². The molecule has 0 bridgehead atoms.